The molecule has 4 nitrogen and oxygen atoms in total. The van der Waals surface area contributed by atoms with E-state index in [1.165, 1.54) is 4.90 Å². The molecule has 2 amide bonds. The largest absolute Gasteiger partial charge is 0.359 e. The number of nitrogens with zero attached hydrogens (tertiary/aromatic N) is 1. The molecule has 1 aromatic rings. The van der Waals surface area contributed by atoms with Crippen molar-refractivity contribution in [1.29, 1.82) is 0 Å². The molecule has 0 aliphatic heterocycles. The maximum atomic E-state index is 12.3. The van der Waals surface area contributed by atoms with Gasteiger partial charge in [0.05, 0.1) is 0 Å². The van der Waals surface area contributed by atoms with Gasteiger partial charge in [-0.2, -0.15) is 0 Å². The summed E-state index contributed by atoms with van der Waals surface area (Å²) in [5.41, 5.74) is 1.16. The molecule has 0 fully saturated rings. The van der Waals surface area contributed by atoms with E-state index in [1.54, 1.807) is 33.2 Å². The first kappa shape index (κ1) is 16.8. The third-order valence-corrected chi connectivity index (χ3v) is 4.05. The number of carbonyl (C=O) groups excluding carboxylic acids is 2. The van der Waals surface area contributed by atoms with Crippen LogP contribution in [0.5, 0.6) is 0 Å². The van der Waals surface area contributed by atoms with Gasteiger partial charge in [0.2, 0.25) is 5.91 Å². The van der Waals surface area contributed by atoms with E-state index in [1.807, 2.05) is 6.92 Å². The first-order chi connectivity index (χ1) is 9.27. The summed E-state index contributed by atoms with van der Waals surface area (Å²) in [6.45, 7) is 3.60. The van der Waals surface area contributed by atoms with Gasteiger partial charge in [-0.05, 0) is 31.5 Å². The molecule has 1 aromatic carbocycles. The zero-order chi connectivity index (χ0) is 15.4. The Balaban J connectivity index is 2.92. The minimum absolute atomic E-state index is 0.114. The van der Waals surface area contributed by atoms with Crippen LogP contribution in [0.2, 0.25) is 10.0 Å². The maximum absolute atomic E-state index is 12.3. The first-order valence-electron chi connectivity index (χ1n) is 6.21. The summed E-state index contributed by atoms with van der Waals surface area (Å²) >= 11 is 12.1. The molecule has 0 aliphatic carbocycles. The van der Waals surface area contributed by atoms with Crippen LogP contribution in [-0.4, -0.2) is 36.9 Å². The van der Waals surface area contributed by atoms with E-state index in [-0.39, 0.29) is 24.3 Å². The van der Waals surface area contributed by atoms with Gasteiger partial charge >= 0.3 is 0 Å². The van der Waals surface area contributed by atoms with Crippen molar-refractivity contribution in [3.05, 3.63) is 33.3 Å². The number of benzene rings is 1. The number of amides is 2. The Hall–Kier alpha value is -1.26. The molecule has 20 heavy (non-hydrogen) atoms. The molecule has 1 N–H and O–H groups in total. The molecule has 6 heteroatoms. The Labute approximate surface area is 129 Å². The SMILES string of the molecule is CNC(=O)CC(C)N(C)C(=O)c1cc(Cl)c(C)c(Cl)c1. The van der Waals surface area contributed by atoms with Crippen molar-refractivity contribution in [3.8, 4) is 0 Å². The van der Waals surface area contributed by atoms with Crippen molar-refractivity contribution >= 4 is 35.0 Å². The third kappa shape index (κ3) is 3.87. The molecular weight excluding hydrogens is 299 g/mol. The van der Waals surface area contributed by atoms with E-state index in [9.17, 15) is 9.59 Å². The van der Waals surface area contributed by atoms with Gasteiger partial charge < -0.3 is 10.2 Å². The monoisotopic (exact) mass is 316 g/mol. The third-order valence-electron chi connectivity index (χ3n) is 3.27. The highest BCUT2D eigenvalue weighted by atomic mass is 35.5. The summed E-state index contributed by atoms with van der Waals surface area (Å²) in [7, 11) is 3.22. The minimum Gasteiger partial charge on any atom is -0.359 e. The smallest absolute Gasteiger partial charge is 0.253 e. The zero-order valence-electron chi connectivity index (χ0n) is 12.0. The van der Waals surface area contributed by atoms with Gasteiger partial charge in [-0.25, -0.2) is 0 Å². The van der Waals surface area contributed by atoms with E-state index >= 15 is 0 Å². The molecule has 0 aliphatic rings. The minimum atomic E-state index is -0.221. The van der Waals surface area contributed by atoms with Crippen LogP contribution in [0.15, 0.2) is 12.1 Å². The lowest BCUT2D eigenvalue weighted by Crippen LogP contribution is -2.38. The van der Waals surface area contributed by atoms with Gasteiger partial charge in [0.25, 0.3) is 5.91 Å². The number of halogens is 2. The molecular formula is C14H18Cl2N2O2. The lowest BCUT2D eigenvalue weighted by atomic mass is 10.1. The Morgan fingerprint density at radius 3 is 2.25 bits per heavy atom. The molecule has 1 rings (SSSR count). The predicted molar refractivity (Wildman–Crippen MR) is 81.4 cm³/mol. The summed E-state index contributed by atoms with van der Waals surface area (Å²) in [4.78, 5) is 25.2. The molecule has 1 unspecified atom stereocenters. The molecule has 0 heterocycles. The second kappa shape index (κ2) is 6.95. The average molecular weight is 317 g/mol. The summed E-state index contributed by atoms with van der Waals surface area (Å²) in [5, 5.41) is 3.44. The number of hydrogen-bond donors (Lipinski definition) is 1. The van der Waals surface area contributed by atoms with Crippen molar-refractivity contribution in [1.82, 2.24) is 10.2 Å². The van der Waals surface area contributed by atoms with Crippen molar-refractivity contribution in [2.24, 2.45) is 0 Å². The van der Waals surface area contributed by atoms with Crippen LogP contribution in [0.3, 0.4) is 0 Å². The van der Waals surface area contributed by atoms with Gasteiger partial charge in [-0.15, -0.1) is 0 Å². The van der Waals surface area contributed by atoms with Crippen LogP contribution in [0.25, 0.3) is 0 Å². The summed E-state index contributed by atoms with van der Waals surface area (Å²) in [6.07, 6.45) is 0.242. The quantitative estimate of drug-likeness (QED) is 0.928. The predicted octanol–water partition coefficient (Wildman–Crippen LogP) is 2.90. The lowest BCUT2D eigenvalue weighted by Gasteiger charge is -2.24. The van der Waals surface area contributed by atoms with Crippen LogP contribution in [0, 0.1) is 6.92 Å². The van der Waals surface area contributed by atoms with E-state index in [4.69, 9.17) is 23.2 Å². The van der Waals surface area contributed by atoms with Crippen LogP contribution in [0.1, 0.15) is 29.3 Å². The Morgan fingerprint density at radius 1 is 1.30 bits per heavy atom. The average Bonchev–Trinajstić information content (AvgIpc) is 2.42. The fraction of sp³-hybridized carbons (Fsp3) is 0.429. The zero-order valence-corrected chi connectivity index (χ0v) is 13.5. The lowest BCUT2D eigenvalue weighted by molar-refractivity contribution is -0.121. The molecule has 110 valence electrons. The molecule has 0 spiro atoms. The second-order valence-corrected chi connectivity index (χ2v) is 5.52. The van der Waals surface area contributed by atoms with Crippen LogP contribution in [-0.2, 0) is 4.79 Å². The van der Waals surface area contributed by atoms with Gasteiger partial charge in [-0.1, -0.05) is 23.2 Å². The van der Waals surface area contributed by atoms with Gasteiger partial charge in [0, 0.05) is 42.2 Å². The van der Waals surface area contributed by atoms with Crippen molar-refractivity contribution in [2.75, 3.05) is 14.1 Å². The van der Waals surface area contributed by atoms with Crippen molar-refractivity contribution in [3.63, 3.8) is 0 Å². The summed E-state index contributed by atoms with van der Waals surface area (Å²) < 4.78 is 0. The number of nitrogens with one attached hydrogen (secondary N) is 1. The maximum Gasteiger partial charge on any atom is 0.253 e. The second-order valence-electron chi connectivity index (χ2n) is 4.71. The molecule has 0 saturated carbocycles. The fourth-order valence-electron chi connectivity index (χ4n) is 1.68. The van der Waals surface area contributed by atoms with Gasteiger partial charge in [0.15, 0.2) is 0 Å². The molecule has 0 radical (unpaired) electrons. The number of rotatable bonds is 4. The Morgan fingerprint density at radius 2 is 1.80 bits per heavy atom. The normalized spacial score (nSPS) is 11.9. The molecule has 0 aromatic heterocycles. The molecule has 0 saturated heterocycles. The molecule has 0 bridgehead atoms. The van der Waals surface area contributed by atoms with E-state index in [2.05, 4.69) is 5.32 Å². The van der Waals surface area contributed by atoms with Crippen LogP contribution >= 0.6 is 23.2 Å². The van der Waals surface area contributed by atoms with Crippen molar-refractivity contribution < 1.29 is 9.59 Å². The Kier molecular flexibility index (Phi) is 5.84. The topological polar surface area (TPSA) is 49.4 Å². The van der Waals surface area contributed by atoms with Gasteiger partial charge in [-0.3, -0.25) is 9.59 Å². The van der Waals surface area contributed by atoms with E-state index < -0.39 is 0 Å². The summed E-state index contributed by atoms with van der Waals surface area (Å²) in [5.74, 6) is -0.331. The number of carbonyl (C=O) groups is 2. The summed E-state index contributed by atoms with van der Waals surface area (Å²) in [6, 6.07) is 2.96. The van der Waals surface area contributed by atoms with E-state index in [0.29, 0.717) is 15.6 Å². The van der Waals surface area contributed by atoms with Gasteiger partial charge in [0.1, 0.15) is 0 Å². The fourth-order valence-corrected chi connectivity index (χ4v) is 2.17. The highest BCUT2D eigenvalue weighted by Gasteiger charge is 2.20. The first-order valence-corrected chi connectivity index (χ1v) is 6.97. The van der Waals surface area contributed by atoms with Crippen molar-refractivity contribution in [2.45, 2.75) is 26.3 Å². The Bertz CT molecular complexity index is 509. The number of hydrogen-bond acceptors (Lipinski definition) is 2. The molecule has 1 atom stereocenters. The standard InChI is InChI=1S/C14H18Cl2N2O2/c1-8(5-13(19)17-3)18(4)14(20)10-6-11(15)9(2)12(16)7-10/h6-8H,5H2,1-4H3,(H,17,19). The highest BCUT2D eigenvalue weighted by molar-refractivity contribution is 6.36. The van der Waals surface area contributed by atoms with Crippen LogP contribution < -0.4 is 5.32 Å². The van der Waals surface area contributed by atoms with E-state index in [0.717, 1.165) is 5.56 Å². The highest BCUT2D eigenvalue weighted by Crippen LogP contribution is 2.26. The van der Waals surface area contributed by atoms with Crippen LogP contribution in [0.4, 0.5) is 0 Å².